The van der Waals surface area contributed by atoms with Gasteiger partial charge in [0.15, 0.2) is 0 Å². The highest BCUT2D eigenvalue weighted by molar-refractivity contribution is 9.11. The fourth-order valence-corrected chi connectivity index (χ4v) is 3.86. The smallest absolute Gasteiger partial charge is 0.306 e. The van der Waals surface area contributed by atoms with Gasteiger partial charge in [-0.25, -0.2) is 0 Å². The van der Waals surface area contributed by atoms with Crippen LogP contribution in [0.4, 0.5) is 0 Å². The first-order chi connectivity index (χ1) is 7.59. The molecule has 0 amide bonds. The maximum Gasteiger partial charge on any atom is 0.306 e. The summed E-state index contributed by atoms with van der Waals surface area (Å²) in [6.45, 7) is 0. The molecule has 1 saturated carbocycles. The Morgan fingerprint density at radius 3 is 2.81 bits per heavy atom. The second-order valence-electron chi connectivity index (χ2n) is 4.13. The zero-order valence-electron chi connectivity index (χ0n) is 8.60. The van der Waals surface area contributed by atoms with E-state index in [9.17, 15) is 9.90 Å². The third kappa shape index (κ3) is 2.31. The minimum atomic E-state index is -0.780. The van der Waals surface area contributed by atoms with Crippen LogP contribution in [0.25, 0.3) is 0 Å². The van der Waals surface area contributed by atoms with Crippen molar-refractivity contribution in [1.29, 1.82) is 0 Å². The van der Waals surface area contributed by atoms with Crippen molar-refractivity contribution < 1.29 is 15.0 Å². The Morgan fingerprint density at radius 1 is 1.50 bits per heavy atom. The van der Waals surface area contributed by atoms with E-state index >= 15 is 0 Å². The first-order valence-electron chi connectivity index (χ1n) is 5.25. The van der Waals surface area contributed by atoms with Gasteiger partial charge in [0.05, 0.1) is 15.8 Å². The average Bonchev–Trinajstić information content (AvgIpc) is 2.84. The van der Waals surface area contributed by atoms with E-state index < -0.39 is 18.0 Å². The first kappa shape index (κ1) is 12.1. The van der Waals surface area contributed by atoms with Crippen LogP contribution >= 0.6 is 27.3 Å². The molecule has 1 heterocycles. The molecule has 1 aliphatic rings. The van der Waals surface area contributed by atoms with E-state index in [2.05, 4.69) is 15.9 Å². The molecule has 3 unspecified atom stereocenters. The van der Waals surface area contributed by atoms with Crippen molar-refractivity contribution in [3.63, 3.8) is 0 Å². The predicted octanol–water partition coefficient (Wildman–Crippen LogP) is 3.04. The van der Waals surface area contributed by atoms with Crippen LogP contribution in [0, 0.1) is 11.8 Å². The monoisotopic (exact) mass is 304 g/mol. The molecular weight excluding hydrogens is 292 g/mol. The van der Waals surface area contributed by atoms with Gasteiger partial charge in [-0.05, 0) is 40.9 Å². The number of carboxylic acid groups (broad SMARTS) is 1. The largest absolute Gasteiger partial charge is 0.481 e. The van der Waals surface area contributed by atoms with Crippen LogP contribution in [0.1, 0.15) is 30.2 Å². The molecule has 0 aliphatic heterocycles. The Kier molecular flexibility index (Phi) is 3.66. The molecular formula is C11H13BrO3S. The van der Waals surface area contributed by atoms with Crippen molar-refractivity contribution >= 4 is 33.2 Å². The lowest BCUT2D eigenvalue weighted by Gasteiger charge is -2.20. The number of hydrogen-bond acceptors (Lipinski definition) is 3. The number of aliphatic hydroxyl groups is 1. The summed E-state index contributed by atoms with van der Waals surface area (Å²) in [7, 11) is 0. The summed E-state index contributed by atoms with van der Waals surface area (Å²) in [5, 5.41) is 19.2. The van der Waals surface area contributed by atoms with Gasteiger partial charge in [-0.2, -0.15) is 0 Å². The maximum atomic E-state index is 11.0. The van der Waals surface area contributed by atoms with Crippen LogP contribution < -0.4 is 0 Å². The molecule has 1 aliphatic carbocycles. The van der Waals surface area contributed by atoms with Gasteiger partial charge in [0, 0.05) is 10.8 Å². The highest BCUT2D eigenvalue weighted by atomic mass is 79.9. The lowest BCUT2D eigenvalue weighted by atomic mass is 9.90. The molecule has 0 bridgehead atoms. The lowest BCUT2D eigenvalue weighted by molar-refractivity contribution is -0.144. The van der Waals surface area contributed by atoms with Crippen LogP contribution in [-0.4, -0.2) is 16.2 Å². The molecule has 1 aromatic rings. The number of rotatable bonds is 3. The Labute approximate surface area is 106 Å². The van der Waals surface area contributed by atoms with Gasteiger partial charge in [0.2, 0.25) is 0 Å². The third-order valence-electron chi connectivity index (χ3n) is 3.18. The minimum Gasteiger partial charge on any atom is -0.481 e. The van der Waals surface area contributed by atoms with Crippen LogP contribution in [0.5, 0.6) is 0 Å². The zero-order valence-corrected chi connectivity index (χ0v) is 11.0. The molecule has 2 rings (SSSR count). The number of aliphatic hydroxyl groups excluding tert-OH is 1. The summed E-state index contributed by atoms with van der Waals surface area (Å²) in [5.41, 5.74) is 0. The molecule has 5 heteroatoms. The predicted molar refractivity (Wildman–Crippen MR) is 65.4 cm³/mol. The van der Waals surface area contributed by atoms with Gasteiger partial charge in [-0.3, -0.25) is 4.79 Å². The molecule has 0 aromatic carbocycles. The van der Waals surface area contributed by atoms with Crippen molar-refractivity contribution in [2.75, 3.05) is 0 Å². The number of carbonyl (C=O) groups is 1. The van der Waals surface area contributed by atoms with Crippen molar-refractivity contribution in [3.8, 4) is 0 Å². The van der Waals surface area contributed by atoms with E-state index in [4.69, 9.17) is 5.11 Å². The highest BCUT2D eigenvalue weighted by Gasteiger charge is 2.38. The van der Waals surface area contributed by atoms with Crippen molar-refractivity contribution in [2.45, 2.75) is 25.4 Å². The quantitative estimate of drug-likeness (QED) is 0.902. The number of aliphatic carboxylic acids is 1. The van der Waals surface area contributed by atoms with E-state index in [1.165, 1.54) is 11.3 Å². The SMILES string of the molecule is O=C(O)C1CCCC1C(O)c1ccc(Br)s1. The molecule has 88 valence electrons. The Hall–Kier alpha value is -0.390. The summed E-state index contributed by atoms with van der Waals surface area (Å²) in [4.78, 5) is 11.9. The number of hydrogen-bond donors (Lipinski definition) is 2. The van der Waals surface area contributed by atoms with Crippen LogP contribution in [0.2, 0.25) is 0 Å². The maximum absolute atomic E-state index is 11.0. The molecule has 1 aromatic heterocycles. The first-order valence-corrected chi connectivity index (χ1v) is 6.86. The molecule has 1 fully saturated rings. The van der Waals surface area contributed by atoms with Crippen LogP contribution in [0.15, 0.2) is 15.9 Å². The summed E-state index contributed by atoms with van der Waals surface area (Å²) in [5.74, 6) is -1.31. The highest BCUT2D eigenvalue weighted by Crippen LogP contribution is 2.42. The second kappa shape index (κ2) is 4.85. The van der Waals surface area contributed by atoms with Gasteiger partial charge in [-0.15, -0.1) is 11.3 Å². The van der Waals surface area contributed by atoms with Gasteiger partial charge >= 0.3 is 5.97 Å². The molecule has 0 saturated heterocycles. The van der Waals surface area contributed by atoms with E-state index in [1.54, 1.807) is 0 Å². The topological polar surface area (TPSA) is 57.5 Å². The van der Waals surface area contributed by atoms with E-state index in [-0.39, 0.29) is 5.92 Å². The standard InChI is InChI=1S/C11H13BrO3S/c12-9-5-4-8(16-9)10(13)6-2-1-3-7(6)11(14)15/h4-7,10,13H,1-3H2,(H,14,15). The van der Waals surface area contributed by atoms with Gasteiger partial charge in [0.25, 0.3) is 0 Å². The zero-order chi connectivity index (χ0) is 11.7. The normalized spacial score (nSPS) is 26.9. The molecule has 0 spiro atoms. The molecule has 3 nitrogen and oxygen atoms in total. The summed E-state index contributed by atoms with van der Waals surface area (Å²) >= 11 is 4.81. The summed E-state index contributed by atoms with van der Waals surface area (Å²) in [6, 6.07) is 3.74. The number of thiophene rings is 1. The van der Waals surface area contributed by atoms with Gasteiger partial charge in [-0.1, -0.05) is 6.42 Å². The van der Waals surface area contributed by atoms with Crippen LogP contribution in [0.3, 0.4) is 0 Å². The lowest BCUT2D eigenvalue weighted by Crippen LogP contribution is -2.23. The van der Waals surface area contributed by atoms with Crippen molar-refractivity contribution in [1.82, 2.24) is 0 Å². The van der Waals surface area contributed by atoms with Gasteiger partial charge in [0.1, 0.15) is 0 Å². The van der Waals surface area contributed by atoms with Gasteiger partial charge < -0.3 is 10.2 Å². The number of carboxylic acids is 1. The Balaban J connectivity index is 2.15. The minimum absolute atomic E-state index is 0.136. The number of halogens is 1. The van der Waals surface area contributed by atoms with Crippen LogP contribution in [-0.2, 0) is 4.79 Å². The van der Waals surface area contributed by atoms with Crippen molar-refractivity contribution in [2.24, 2.45) is 11.8 Å². The Bertz CT molecular complexity index is 390. The Morgan fingerprint density at radius 2 is 2.25 bits per heavy atom. The third-order valence-corrected chi connectivity index (χ3v) is 4.87. The fourth-order valence-electron chi connectivity index (χ4n) is 2.37. The molecule has 0 radical (unpaired) electrons. The summed E-state index contributed by atoms with van der Waals surface area (Å²) in [6.07, 6.45) is 1.74. The van der Waals surface area contributed by atoms with E-state index in [0.717, 1.165) is 21.5 Å². The average molecular weight is 305 g/mol. The van der Waals surface area contributed by atoms with E-state index in [0.29, 0.717) is 6.42 Å². The second-order valence-corrected chi connectivity index (χ2v) is 6.62. The van der Waals surface area contributed by atoms with Crippen molar-refractivity contribution in [3.05, 3.63) is 20.8 Å². The fraction of sp³-hybridized carbons (Fsp3) is 0.545. The summed E-state index contributed by atoms with van der Waals surface area (Å²) < 4.78 is 0.964. The molecule has 2 N–H and O–H groups in total. The van der Waals surface area contributed by atoms with E-state index in [1.807, 2.05) is 12.1 Å². The molecule has 16 heavy (non-hydrogen) atoms. The molecule has 3 atom stereocenters.